The van der Waals surface area contributed by atoms with E-state index in [1.54, 1.807) is 0 Å². The molecule has 0 N–H and O–H groups in total. The predicted octanol–water partition coefficient (Wildman–Crippen LogP) is 2.45. The summed E-state index contributed by atoms with van der Waals surface area (Å²) in [5, 5.41) is 3.38. The van der Waals surface area contributed by atoms with Gasteiger partial charge in [0.05, 0.1) is 5.69 Å². The van der Waals surface area contributed by atoms with Gasteiger partial charge in [-0.15, -0.1) is 5.10 Å². The second-order valence-electron chi connectivity index (χ2n) is 1.68. The minimum Gasteiger partial charge on any atom is -0.165 e. The van der Waals surface area contributed by atoms with E-state index in [0.29, 0.717) is 11.5 Å². The van der Waals surface area contributed by atoms with Crippen LogP contribution in [0.5, 0.6) is 0 Å². The standard InChI is InChI=1S/C4H2BrF3N2S/c5-1-2-3(4(6,7)8)11-10-9-2/h1H2. The van der Waals surface area contributed by atoms with Gasteiger partial charge in [-0.05, 0) is 11.5 Å². The molecule has 0 amide bonds. The van der Waals surface area contributed by atoms with E-state index in [2.05, 4.69) is 25.5 Å². The lowest BCUT2D eigenvalue weighted by atomic mass is 10.4. The molecule has 11 heavy (non-hydrogen) atoms. The van der Waals surface area contributed by atoms with Crippen LogP contribution in [0.25, 0.3) is 0 Å². The molecule has 0 saturated heterocycles. The third kappa shape index (κ3) is 1.90. The molecule has 0 aliphatic carbocycles. The number of hydrogen-bond acceptors (Lipinski definition) is 3. The molecule has 0 unspecified atom stereocenters. The minimum absolute atomic E-state index is 0.0532. The lowest BCUT2D eigenvalue weighted by molar-refractivity contribution is -0.134. The van der Waals surface area contributed by atoms with Crippen molar-refractivity contribution < 1.29 is 13.2 Å². The maximum atomic E-state index is 12.0. The topological polar surface area (TPSA) is 25.8 Å². The van der Waals surface area contributed by atoms with E-state index >= 15 is 0 Å². The van der Waals surface area contributed by atoms with Gasteiger partial charge in [0.25, 0.3) is 0 Å². The molecular weight excluding hydrogens is 245 g/mol. The zero-order valence-corrected chi connectivity index (χ0v) is 7.42. The Balaban J connectivity index is 3.02. The van der Waals surface area contributed by atoms with Crippen molar-refractivity contribution in [2.24, 2.45) is 0 Å². The fourth-order valence-electron chi connectivity index (χ4n) is 0.511. The largest absolute Gasteiger partial charge is 0.429 e. The lowest BCUT2D eigenvalue weighted by Gasteiger charge is -2.01. The summed E-state index contributed by atoms with van der Waals surface area (Å²) in [7, 11) is 0. The van der Waals surface area contributed by atoms with Crippen LogP contribution in [-0.4, -0.2) is 9.59 Å². The van der Waals surface area contributed by atoms with Crippen LogP contribution >= 0.6 is 27.5 Å². The highest BCUT2D eigenvalue weighted by atomic mass is 79.9. The number of rotatable bonds is 1. The molecule has 1 rings (SSSR count). The number of alkyl halides is 4. The van der Waals surface area contributed by atoms with E-state index in [1.807, 2.05) is 0 Å². The molecule has 7 heteroatoms. The van der Waals surface area contributed by atoms with Gasteiger partial charge in [-0.1, -0.05) is 20.4 Å². The number of nitrogens with zero attached hydrogens (tertiary/aromatic N) is 2. The molecule has 2 nitrogen and oxygen atoms in total. The van der Waals surface area contributed by atoms with Crippen LogP contribution in [0.15, 0.2) is 0 Å². The van der Waals surface area contributed by atoms with Gasteiger partial charge < -0.3 is 0 Å². The number of aromatic nitrogens is 2. The van der Waals surface area contributed by atoms with Crippen LogP contribution in [0, 0.1) is 0 Å². The van der Waals surface area contributed by atoms with Crippen LogP contribution < -0.4 is 0 Å². The normalized spacial score (nSPS) is 12.0. The molecule has 1 aromatic heterocycles. The Hall–Kier alpha value is -0.170. The smallest absolute Gasteiger partial charge is 0.165 e. The molecule has 62 valence electrons. The van der Waals surface area contributed by atoms with Crippen LogP contribution in [-0.2, 0) is 11.5 Å². The molecule has 0 saturated carbocycles. The molecule has 1 heterocycles. The Morgan fingerprint density at radius 1 is 1.45 bits per heavy atom. The molecule has 0 aliphatic rings. The summed E-state index contributed by atoms with van der Waals surface area (Å²) in [5.41, 5.74) is -0.0532. The average Bonchev–Trinajstić information content (AvgIpc) is 2.31. The van der Waals surface area contributed by atoms with Crippen LogP contribution in [0.4, 0.5) is 13.2 Å². The summed E-state index contributed by atoms with van der Waals surface area (Å²) >= 11 is 3.25. The van der Waals surface area contributed by atoms with Gasteiger partial charge in [-0.2, -0.15) is 13.2 Å². The average molecular weight is 247 g/mol. The van der Waals surface area contributed by atoms with E-state index in [1.165, 1.54) is 0 Å². The third-order valence-electron chi connectivity index (χ3n) is 0.940. The van der Waals surface area contributed by atoms with Crippen molar-refractivity contribution in [3.8, 4) is 0 Å². The Labute approximate surface area is 72.7 Å². The molecule has 0 atom stereocenters. The minimum atomic E-state index is -4.32. The molecule has 1 aromatic rings. The van der Waals surface area contributed by atoms with Crippen molar-refractivity contribution in [1.29, 1.82) is 0 Å². The van der Waals surface area contributed by atoms with E-state index < -0.39 is 11.1 Å². The summed E-state index contributed by atoms with van der Waals surface area (Å²) in [6.45, 7) is 0. The quantitative estimate of drug-likeness (QED) is 0.712. The van der Waals surface area contributed by atoms with Crippen molar-refractivity contribution in [2.75, 3.05) is 0 Å². The molecule has 0 spiro atoms. The predicted molar refractivity (Wildman–Crippen MR) is 37.5 cm³/mol. The lowest BCUT2D eigenvalue weighted by Crippen LogP contribution is -2.04. The maximum absolute atomic E-state index is 12.0. The van der Waals surface area contributed by atoms with Crippen molar-refractivity contribution in [1.82, 2.24) is 9.59 Å². The first-order valence-corrected chi connectivity index (χ1v) is 4.39. The molecule has 0 aromatic carbocycles. The van der Waals surface area contributed by atoms with E-state index in [9.17, 15) is 13.2 Å². The summed E-state index contributed by atoms with van der Waals surface area (Å²) in [5.74, 6) is 0. The van der Waals surface area contributed by atoms with E-state index in [4.69, 9.17) is 0 Å². The van der Waals surface area contributed by atoms with Crippen molar-refractivity contribution in [2.45, 2.75) is 11.5 Å². The third-order valence-corrected chi connectivity index (χ3v) is 2.28. The zero-order valence-electron chi connectivity index (χ0n) is 5.02. The first-order chi connectivity index (χ1) is 5.05. The Kier molecular flexibility index (Phi) is 2.48. The Bertz CT molecular complexity index is 246. The second kappa shape index (κ2) is 3.06. The number of halogens is 4. The highest BCUT2D eigenvalue weighted by Gasteiger charge is 2.36. The first kappa shape index (κ1) is 8.92. The molecule has 0 fully saturated rings. The number of hydrogen-bond donors (Lipinski definition) is 0. The molecule has 0 aliphatic heterocycles. The van der Waals surface area contributed by atoms with E-state index in [0.717, 1.165) is 0 Å². The highest BCUT2D eigenvalue weighted by molar-refractivity contribution is 9.08. The van der Waals surface area contributed by atoms with Gasteiger partial charge in [-0.25, -0.2) is 0 Å². The fraction of sp³-hybridized carbons (Fsp3) is 0.500. The monoisotopic (exact) mass is 246 g/mol. The van der Waals surface area contributed by atoms with Crippen molar-refractivity contribution >= 4 is 27.5 Å². The zero-order chi connectivity index (χ0) is 8.48. The molecule has 0 bridgehead atoms. The van der Waals surface area contributed by atoms with Crippen molar-refractivity contribution in [3.63, 3.8) is 0 Å². The van der Waals surface area contributed by atoms with Gasteiger partial charge in [0.1, 0.15) is 0 Å². The first-order valence-electron chi connectivity index (χ1n) is 2.50. The summed E-state index contributed by atoms with van der Waals surface area (Å²) in [4.78, 5) is -0.727. The van der Waals surface area contributed by atoms with Crippen molar-refractivity contribution in [3.05, 3.63) is 10.6 Å². The summed E-state index contributed by atoms with van der Waals surface area (Å²) in [6, 6.07) is 0. The molecule has 0 radical (unpaired) electrons. The Morgan fingerprint density at radius 2 is 2.09 bits per heavy atom. The molecular formula is C4H2BrF3N2S. The summed E-state index contributed by atoms with van der Waals surface area (Å²) < 4.78 is 39.1. The van der Waals surface area contributed by atoms with Gasteiger partial charge in [-0.3, -0.25) is 0 Å². The van der Waals surface area contributed by atoms with Gasteiger partial charge in [0.2, 0.25) is 0 Å². The van der Waals surface area contributed by atoms with E-state index in [-0.39, 0.29) is 11.0 Å². The van der Waals surface area contributed by atoms with Crippen LogP contribution in [0.1, 0.15) is 10.6 Å². The fourth-order valence-corrected chi connectivity index (χ4v) is 1.63. The van der Waals surface area contributed by atoms with Gasteiger partial charge >= 0.3 is 6.18 Å². The van der Waals surface area contributed by atoms with Crippen LogP contribution in [0.2, 0.25) is 0 Å². The Morgan fingerprint density at radius 3 is 2.45 bits per heavy atom. The van der Waals surface area contributed by atoms with Gasteiger partial charge in [0.15, 0.2) is 4.88 Å². The summed E-state index contributed by atoms with van der Waals surface area (Å²) in [6.07, 6.45) is -4.32. The van der Waals surface area contributed by atoms with Gasteiger partial charge in [0, 0.05) is 5.33 Å². The maximum Gasteiger partial charge on any atom is 0.429 e. The van der Waals surface area contributed by atoms with Crippen LogP contribution in [0.3, 0.4) is 0 Å². The SMILES string of the molecule is FC(F)(F)c1snnc1CBr. The second-order valence-corrected chi connectivity index (χ2v) is 3.00. The highest BCUT2D eigenvalue weighted by Crippen LogP contribution is 2.34.